The second-order valence-electron chi connectivity index (χ2n) is 6.11. The number of hydrogen-bond donors (Lipinski definition) is 1. The summed E-state index contributed by atoms with van der Waals surface area (Å²) in [7, 11) is 2.08. The number of pyridine rings is 1. The highest BCUT2D eigenvalue weighted by Gasteiger charge is 2.20. The number of halogens is 1. The van der Waals surface area contributed by atoms with Crippen molar-refractivity contribution >= 4 is 33.3 Å². The van der Waals surface area contributed by atoms with E-state index in [0.29, 0.717) is 11.4 Å². The number of carbonyl (C=O) groups is 1. The topological polar surface area (TPSA) is 48.5 Å². The molecule has 1 fully saturated rings. The molecule has 0 unspecified atom stereocenters. The van der Waals surface area contributed by atoms with Gasteiger partial charge in [0.2, 0.25) is 0 Å². The van der Waals surface area contributed by atoms with Crippen LogP contribution in [-0.4, -0.2) is 53.9 Å². The number of aryl methyl sites for hydroxylation is 1. The SMILES string of the molecule is Cc1cc(Br)ccc1Nc1cc(C(=O)N2CCN(C)CC2)ccn1. The van der Waals surface area contributed by atoms with Gasteiger partial charge in [0, 0.05) is 48.1 Å². The van der Waals surface area contributed by atoms with Crippen molar-refractivity contribution < 1.29 is 4.79 Å². The number of nitrogens with one attached hydrogen (secondary N) is 1. The summed E-state index contributed by atoms with van der Waals surface area (Å²) in [4.78, 5) is 21.1. The standard InChI is InChI=1S/C18H21BrN4O/c1-13-11-15(19)3-4-16(13)21-17-12-14(5-6-20-17)18(24)23-9-7-22(2)8-10-23/h3-6,11-12H,7-10H2,1-2H3,(H,20,21). The predicted molar refractivity (Wildman–Crippen MR) is 99.8 cm³/mol. The fourth-order valence-corrected chi connectivity index (χ4v) is 3.20. The van der Waals surface area contributed by atoms with E-state index in [0.717, 1.165) is 41.9 Å². The van der Waals surface area contributed by atoms with Gasteiger partial charge in [0.05, 0.1) is 0 Å². The van der Waals surface area contributed by atoms with Crippen molar-refractivity contribution in [2.75, 3.05) is 38.5 Å². The van der Waals surface area contributed by atoms with E-state index in [1.165, 1.54) is 0 Å². The molecule has 1 aromatic heterocycles. The Morgan fingerprint density at radius 2 is 1.92 bits per heavy atom. The molecule has 1 aromatic carbocycles. The zero-order chi connectivity index (χ0) is 17.1. The van der Waals surface area contributed by atoms with Crippen molar-refractivity contribution in [1.82, 2.24) is 14.8 Å². The van der Waals surface area contributed by atoms with Crippen molar-refractivity contribution in [3.63, 3.8) is 0 Å². The lowest BCUT2D eigenvalue weighted by molar-refractivity contribution is 0.0664. The molecule has 0 spiro atoms. The highest BCUT2D eigenvalue weighted by molar-refractivity contribution is 9.10. The lowest BCUT2D eigenvalue weighted by atomic mass is 10.2. The Kier molecular flexibility index (Phi) is 5.16. The molecule has 5 nitrogen and oxygen atoms in total. The predicted octanol–water partition coefficient (Wildman–Crippen LogP) is 3.28. The van der Waals surface area contributed by atoms with Crippen LogP contribution in [-0.2, 0) is 0 Å². The molecule has 1 amide bonds. The first kappa shape index (κ1) is 16.9. The van der Waals surface area contributed by atoms with Crippen LogP contribution in [0.15, 0.2) is 41.0 Å². The van der Waals surface area contributed by atoms with Gasteiger partial charge in [-0.05, 0) is 49.9 Å². The molecular weight excluding hydrogens is 368 g/mol. The smallest absolute Gasteiger partial charge is 0.254 e. The van der Waals surface area contributed by atoms with E-state index in [9.17, 15) is 4.79 Å². The highest BCUT2D eigenvalue weighted by Crippen LogP contribution is 2.23. The number of piperazine rings is 1. The Labute approximate surface area is 150 Å². The monoisotopic (exact) mass is 388 g/mol. The van der Waals surface area contributed by atoms with Gasteiger partial charge in [-0.25, -0.2) is 4.98 Å². The number of anilines is 2. The third kappa shape index (κ3) is 3.94. The molecule has 0 atom stereocenters. The lowest BCUT2D eigenvalue weighted by Crippen LogP contribution is -2.47. The van der Waals surface area contributed by atoms with E-state index < -0.39 is 0 Å². The normalized spacial score (nSPS) is 15.4. The molecule has 1 aliphatic rings. The minimum atomic E-state index is 0.0704. The van der Waals surface area contributed by atoms with Gasteiger partial charge in [-0.15, -0.1) is 0 Å². The maximum atomic E-state index is 12.7. The van der Waals surface area contributed by atoms with E-state index in [1.54, 1.807) is 12.3 Å². The first-order valence-corrected chi connectivity index (χ1v) is 8.79. The van der Waals surface area contributed by atoms with Crippen LogP contribution in [0.4, 0.5) is 11.5 Å². The van der Waals surface area contributed by atoms with Crippen LogP contribution in [0, 0.1) is 6.92 Å². The van der Waals surface area contributed by atoms with Crippen molar-refractivity contribution in [3.05, 3.63) is 52.1 Å². The van der Waals surface area contributed by atoms with Crippen molar-refractivity contribution in [1.29, 1.82) is 0 Å². The summed E-state index contributed by atoms with van der Waals surface area (Å²) >= 11 is 3.46. The summed E-state index contributed by atoms with van der Waals surface area (Å²) in [5, 5.41) is 3.29. The Balaban J connectivity index is 1.75. The van der Waals surface area contributed by atoms with Gasteiger partial charge in [-0.3, -0.25) is 4.79 Å². The summed E-state index contributed by atoms with van der Waals surface area (Å²) in [6.07, 6.45) is 1.68. The van der Waals surface area contributed by atoms with Crippen LogP contribution in [0.3, 0.4) is 0 Å². The second kappa shape index (κ2) is 7.32. The molecule has 2 heterocycles. The maximum absolute atomic E-state index is 12.7. The average molecular weight is 389 g/mol. The largest absolute Gasteiger partial charge is 0.340 e. The molecule has 0 bridgehead atoms. The van der Waals surface area contributed by atoms with Gasteiger partial charge < -0.3 is 15.1 Å². The van der Waals surface area contributed by atoms with Gasteiger partial charge in [0.1, 0.15) is 5.82 Å². The van der Waals surface area contributed by atoms with E-state index in [4.69, 9.17) is 0 Å². The summed E-state index contributed by atoms with van der Waals surface area (Å²) < 4.78 is 1.04. The van der Waals surface area contributed by atoms with Crippen LogP contribution in [0.1, 0.15) is 15.9 Å². The summed E-state index contributed by atoms with van der Waals surface area (Å²) in [6.45, 7) is 5.41. The molecule has 0 saturated carbocycles. The number of hydrogen-bond acceptors (Lipinski definition) is 4. The van der Waals surface area contributed by atoms with E-state index >= 15 is 0 Å². The molecule has 0 radical (unpaired) electrons. The Hall–Kier alpha value is -1.92. The number of aromatic nitrogens is 1. The molecule has 3 rings (SSSR count). The Bertz CT molecular complexity index is 742. The first-order chi connectivity index (χ1) is 11.5. The zero-order valence-corrected chi connectivity index (χ0v) is 15.5. The van der Waals surface area contributed by atoms with Crippen LogP contribution in [0.2, 0.25) is 0 Å². The van der Waals surface area contributed by atoms with Crippen LogP contribution < -0.4 is 5.32 Å². The highest BCUT2D eigenvalue weighted by atomic mass is 79.9. The second-order valence-corrected chi connectivity index (χ2v) is 7.03. The number of benzene rings is 1. The summed E-state index contributed by atoms with van der Waals surface area (Å²) in [5.74, 6) is 0.751. The fourth-order valence-electron chi connectivity index (χ4n) is 2.73. The van der Waals surface area contributed by atoms with Gasteiger partial charge >= 0.3 is 0 Å². The number of amides is 1. The summed E-state index contributed by atoms with van der Waals surface area (Å²) in [6, 6.07) is 9.62. The van der Waals surface area contributed by atoms with E-state index in [-0.39, 0.29) is 5.91 Å². The molecule has 1 saturated heterocycles. The van der Waals surface area contributed by atoms with Gasteiger partial charge in [-0.2, -0.15) is 0 Å². The van der Waals surface area contributed by atoms with Crippen LogP contribution in [0.25, 0.3) is 0 Å². The Morgan fingerprint density at radius 1 is 1.17 bits per heavy atom. The van der Waals surface area contributed by atoms with E-state index in [2.05, 4.69) is 38.2 Å². The molecule has 1 aliphatic heterocycles. The number of likely N-dealkylation sites (N-methyl/N-ethyl adjacent to an activating group) is 1. The zero-order valence-electron chi connectivity index (χ0n) is 13.9. The third-order valence-corrected chi connectivity index (χ3v) is 4.74. The van der Waals surface area contributed by atoms with Crippen molar-refractivity contribution in [3.8, 4) is 0 Å². The van der Waals surface area contributed by atoms with Crippen molar-refractivity contribution in [2.24, 2.45) is 0 Å². The number of carbonyl (C=O) groups excluding carboxylic acids is 1. The minimum Gasteiger partial charge on any atom is -0.340 e. The molecule has 1 N–H and O–H groups in total. The number of nitrogens with zero attached hydrogens (tertiary/aromatic N) is 3. The van der Waals surface area contributed by atoms with Gasteiger partial charge in [0.25, 0.3) is 5.91 Å². The first-order valence-electron chi connectivity index (χ1n) is 8.00. The van der Waals surface area contributed by atoms with Crippen LogP contribution >= 0.6 is 15.9 Å². The van der Waals surface area contributed by atoms with Gasteiger partial charge in [0.15, 0.2) is 0 Å². The molecular formula is C18H21BrN4O. The quantitative estimate of drug-likeness (QED) is 0.876. The maximum Gasteiger partial charge on any atom is 0.254 e. The molecule has 126 valence electrons. The average Bonchev–Trinajstić information content (AvgIpc) is 2.58. The summed E-state index contributed by atoms with van der Waals surface area (Å²) in [5.41, 5.74) is 2.77. The molecule has 2 aromatic rings. The van der Waals surface area contributed by atoms with Gasteiger partial charge in [-0.1, -0.05) is 15.9 Å². The molecule has 6 heteroatoms. The third-order valence-electron chi connectivity index (χ3n) is 4.25. The molecule has 0 aliphatic carbocycles. The van der Waals surface area contributed by atoms with E-state index in [1.807, 2.05) is 36.1 Å². The van der Waals surface area contributed by atoms with Crippen LogP contribution in [0.5, 0.6) is 0 Å². The minimum absolute atomic E-state index is 0.0704. The number of rotatable bonds is 3. The fraction of sp³-hybridized carbons (Fsp3) is 0.333. The lowest BCUT2D eigenvalue weighted by Gasteiger charge is -2.32. The molecule has 24 heavy (non-hydrogen) atoms. The Morgan fingerprint density at radius 3 is 2.62 bits per heavy atom. The van der Waals surface area contributed by atoms with Crippen molar-refractivity contribution in [2.45, 2.75) is 6.92 Å².